The fraction of sp³-hybridized carbons (Fsp3) is 1.00. The van der Waals surface area contributed by atoms with Gasteiger partial charge in [0.05, 0.1) is 0 Å². The van der Waals surface area contributed by atoms with Gasteiger partial charge in [0.15, 0.2) is 0 Å². The molecule has 1 unspecified atom stereocenters. The van der Waals surface area contributed by atoms with Crippen LogP contribution in [0.25, 0.3) is 0 Å². The Labute approximate surface area is 68.5 Å². The van der Waals surface area contributed by atoms with Crippen LogP contribution in [0.3, 0.4) is 0 Å². The molecule has 64 valence electrons. The van der Waals surface area contributed by atoms with Gasteiger partial charge < -0.3 is 11.1 Å². The van der Waals surface area contributed by atoms with Crippen LogP contribution in [0.1, 0.15) is 32.6 Å². The second kappa shape index (κ2) is 2.76. The molecule has 2 rings (SSSR count). The van der Waals surface area contributed by atoms with Crippen molar-refractivity contribution in [1.29, 1.82) is 0 Å². The third kappa shape index (κ3) is 1.74. The first-order valence-electron chi connectivity index (χ1n) is 4.77. The summed E-state index contributed by atoms with van der Waals surface area (Å²) in [6, 6.07) is 1.96. The summed E-state index contributed by atoms with van der Waals surface area (Å²) >= 11 is 0. The quantitative estimate of drug-likeness (QED) is 0.633. The highest BCUT2D eigenvalue weighted by atomic mass is 15.0. The fourth-order valence-electron chi connectivity index (χ4n) is 1.90. The standard InChI is InChI=1S/C9H18N2/c1-6(7-2-3-7)11-9-4-8(10)5-9/h6-9,11H,2-5,10H2,1H3. The lowest BCUT2D eigenvalue weighted by molar-refractivity contribution is 0.262. The minimum absolute atomic E-state index is 0.485. The Hall–Kier alpha value is -0.0800. The monoisotopic (exact) mass is 154 g/mol. The number of rotatable bonds is 3. The molecule has 0 bridgehead atoms. The Kier molecular flexibility index (Phi) is 1.90. The molecule has 0 radical (unpaired) electrons. The van der Waals surface area contributed by atoms with Gasteiger partial charge in [0, 0.05) is 18.1 Å². The van der Waals surface area contributed by atoms with Gasteiger partial charge >= 0.3 is 0 Å². The van der Waals surface area contributed by atoms with E-state index in [1.54, 1.807) is 0 Å². The van der Waals surface area contributed by atoms with Crippen molar-refractivity contribution in [3.8, 4) is 0 Å². The van der Waals surface area contributed by atoms with E-state index >= 15 is 0 Å². The van der Waals surface area contributed by atoms with Crippen LogP contribution in [-0.2, 0) is 0 Å². The van der Waals surface area contributed by atoms with Crippen LogP contribution >= 0.6 is 0 Å². The molecule has 0 heterocycles. The molecule has 0 aliphatic heterocycles. The first-order valence-corrected chi connectivity index (χ1v) is 4.77. The van der Waals surface area contributed by atoms with Crippen molar-refractivity contribution >= 4 is 0 Å². The van der Waals surface area contributed by atoms with Gasteiger partial charge in [-0.25, -0.2) is 0 Å². The van der Waals surface area contributed by atoms with Gasteiger partial charge in [0.25, 0.3) is 0 Å². The van der Waals surface area contributed by atoms with E-state index < -0.39 is 0 Å². The number of nitrogens with two attached hydrogens (primary N) is 1. The van der Waals surface area contributed by atoms with Gasteiger partial charge in [0.1, 0.15) is 0 Å². The average Bonchev–Trinajstić information content (AvgIpc) is 2.64. The minimum atomic E-state index is 0.485. The van der Waals surface area contributed by atoms with Gasteiger partial charge in [0.2, 0.25) is 0 Å². The lowest BCUT2D eigenvalue weighted by Crippen LogP contribution is -2.51. The van der Waals surface area contributed by atoms with Crippen molar-refractivity contribution in [3.63, 3.8) is 0 Å². The normalized spacial score (nSPS) is 39.8. The molecule has 2 fully saturated rings. The molecule has 2 saturated carbocycles. The molecule has 2 heteroatoms. The zero-order valence-electron chi connectivity index (χ0n) is 7.22. The van der Waals surface area contributed by atoms with E-state index in [9.17, 15) is 0 Å². The Balaban J connectivity index is 1.65. The largest absolute Gasteiger partial charge is 0.328 e. The highest BCUT2D eigenvalue weighted by molar-refractivity contribution is 4.92. The van der Waals surface area contributed by atoms with Gasteiger partial charge in [-0.3, -0.25) is 0 Å². The van der Waals surface area contributed by atoms with Crippen LogP contribution in [0, 0.1) is 5.92 Å². The predicted octanol–water partition coefficient (Wildman–Crippen LogP) is 0.864. The van der Waals surface area contributed by atoms with Crippen molar-refractivity contribution in [3.05, 3.63) is 0 Å². The molecule has 0 amide bonds. The van der Waals surface area contributed by atoms with E-state index in [4.69, 9.17) is 5.73 Å². The Morgan fingerprint density at radius 2 is 2.00 bits per heavy atom. The number of nitrogens with one attached hydrogen (secondary N) is 1. The van der Waals surface area contributed by atoms with Crippen molar-refractivity contribution in [2.45, 2.75) is 50.7 Å². The van der Waals surface area contributed by atoms with Crippen LogP contribution in [0.5, 0.6) is 0 Å². The maximum atomic E-state index is 5.70. The molecule has 0 spiro atoms. The third-order valence-electron chi connectivity index (χ3n) is 3.00. The highest BCUT2D eigenvalue weighted by Gasteiger charge is 2.32. The fourth-order valence-corrected chi connectivity index (χ4v) is 1.90. The number of hydrogen-bond donors (Lipinski definition) is 2. The average molecular weight is 154 g/mol. The van der Waals surface area contributed by atoms with Crippen LogP contribution in [-0.4, -0.2) is 18.1 Å². The maximum Gasteiger partial charge on any atom is 0.00991 e. The topological polar surface area (TPSA) is 38.0 Å². The van der Waals surface area contributed by atoms with Gasteiger partial charge in [-0.2, -0.15) is 0 Å². The summed E-state index contributed by atoms with van der Waals surface area (Å²) in [6.45, 7) is 2.31. The molecule has 2 aliphatic carbocycles. The summed E-state index contributed by atoms with van der Waals surface area (Å²) in [7, 11) is 0. The zero-order chi connectivity index (χ0) is 7.84. The van der Waals surface area contributed by atoms with Crippen molar-refractivity contribution in [1.82, 2.24) is 5.32 Å². The van der Waals surface area contributed by atoms with E-state index in [0.29, 0.717) is 6.04 Å². The Morgan fingerprint density at radius 1 is 1.36 bits per heavy atom. The minimum Gasteiger partial charge on any atom is -0.328 e. The molecule has 0 aromatic carbocycles. The highest BCUT2D eigenvalue weighted by Crippen LogP contribution is 2.33. The van der Waals surface area contributed by atoms with E-state index in [2.05, 4.69) is 12.2 Å². The molecular formula is C9H18N2. The van der Waals surface area contributed by atoms with Gasteiger partial charge in [-0.05, 0) is 38.5 Å². The van der Waals surface area contributed by atoms with Crippen LogP contribution in [0.4, 0.5) is 0 Å². The summed E-state index contributed by atoms with van der Waals surface area (Å²) in [6.07, 6.45) is 5.26. The molecule has 0 saturated heterocycles. The first-order chi connectivity index (χ1) is 5.25. The molecular weight excluding hydrogens is 136 g/mol. The van der Waals surface area contributed by atoms with Crippen LogP contribution in [0.15, 0.2) is 0 Å². The van der Waals surface area contributed by atoms with E-state index in [0.717, 1.165) is 18.0 Å². The molecule has 0 aromatic heterocycles. The Morgan fingerprint density at radius 3 is 2.45 bits per heavy atom. The lowest BCUT2D eigenvalue weighted by Gasteiger charge is -2.35. The second-order valence-corrected chi connectivity index (χ2v) is 4.22. The number of hydrogen-bond acceptors (Lipinski definition) is 2. The molecule has 1 atom stereocenters. The molecule has 2 aliphatic rings. The summed E-state index contributed by atoms with van der Waals surface area (Å²) in [4.78, 5) is 0. The predicted molar refractivity (Wildman–Crippen MR) is 46.3 cm³/mol. The van der Waals surface area contributed by atoms with E-state index in [1.165, 1.54) is 25.7 Å². The van der Waals surface area contributed by atoms with Crippen molar-refractivity contribution < 1.29 is 0 Å². The zero-order valence-corrected chi connectivity index (χ0v) is 7.22. The molecule has 3 N–H and O–H groups in total. The SMILES string of the molecule is CC(NC1CC(N)C1)C1CC1. The van der Waals surface area contributed by atoms with E-state index in [-0.39, 0.29) is 0 Å². The van der Waals surface area contributed by atoms with Crippen LogP contribution < -0.4 is 11.1 Å². The maximum absolute atomic E-state index is 5.70. The molecule has 11 heavy (non-hydrogen) atoms. The summed E-state index contributed by atoms with van der Waals surface area (Å²) in [5.41, 5.74) is 5.70. The first kappa shape index (κ1) is 7.56. The molecule has 2 nitrogen and oxygen atoms in total. The van der Waals surface area contributed by atoms with Crippen molar-refractivity contribution in [2.24, 2.45) is 11.7 Å². The Bertz CT molecular complexity index is 136. The van der Waals surface area contributed by atoms with Crippen LogP contribution in [0.2, 0.25) is 0 Å². The van der Waals surface area contributed by atoms with E-state index in [1.807, 2.05) is 0 Å². The second-order valence-electron chi connectivity index (χ2n) is 4.22. The molecule has 0 aromatic rings. The van der Waals surface area contributed by atoms with Gasteiger partial charge in [-0.1, -0.05) is 0 Å². The summed E-state index contributed by atoms with van der Waals surface area (Å²) in [5, 5.41) is 3.63. The third-order valence-corrected chi connectivity index (χ3v) is 3.00. The summed E-state index contributed by atoms with van der Waals surface area (Å²) in [5.74, 6) is 0.979. The summed E-state index contributed by atoms with van der Waals surface area (Å²) < 4.78 is 0. The van der Waals surface area contributed by atoms with Gasteiger partial charge in [-0.15, -0.1) is 0 Å². The lowest BCUT2D eigenvalue weighted by atomic mass is 9.87. The van der Waals surface area contributed by atoms with Crippen molar-refractivity contribution in [2.75, 3.05) is 0 Å². The smallest absolute Gasteiger partial charge is 0.00991 e.